The lowest BCUT2D eigenvalue weighted by atomic mass is 10.1. The minimum atomic E-state index is -4.83. The summed E-state index contributed by atoms with van der Waals surface area (Å²) in [5.74, 6) is -0.465. The summed E-state index contributed by atoms with van der Waals surface area (Å²) in [6, 6.07) is 0. The number of aldehydes is 3. The molecule has 0 bridgehead atoms. The summed E-state index contributed by atoms with van der Waals surface area (Å²) in [7, 11) is -9.57. The van der Waals surface area contributed by atoms with Gasteiger partial charge in [-0.15, -0.1) is 0 Å². The van der Waals surface area contributed by atoms with Crippen LogP contribution >= 0.6 is 15.6 Å². The Hall–Kier alpha value is -2.76. The van der Waals surface area contributed by atoms with Crippen LogP contribution in [0.1, 0.15) is 341 Å². The maximum atomic E-state index is 13.1. The van der Waals surface area contributed by atoms with E-state index in [0.717, 1.165) is 231 Å². The zero-order valence-electron chi connectivity index (χ0n) is 61.8. The summed E-state index contributed by atoms with van der Waals surface area (Å²) in [5.41, 5.74) is 0. The van der Waals surface area contributed by atoms with Crippen molar-refractivity contribution in [1.82, 2.24) is 0 Å². The van der Waals surface area contributed by atoms with E-state index >= 15 is 0 Å². The third-order valence-corrected chi connectivity index (χ3v) is 18.9. The van der Waals surface area contributed by atoms with Crippen LogP contribution in [0.2, 0.25) is 0 Å². The first-order valence-corrected chi connectivity index (χ1v) is 42.4. The fourth-order valence-electron chi connectivity index (χ4n) is 10.9. The highest BCUT2D eigenvalue weighted by atomic mass is 31.2. The molecule has 0 fully saturated rings. The molecule has 572 valence electrons. The van der Waals surface area contributed by atoms with Crippen molar-refractivity contribution in [2.24, 2.45) is 0 Å². The average molecular weight is 1430 g/mol. The predicted octanol–water partition coefficient (Wildman–Crippen LogP) is 21.6. The van der Waals surface area contributed by atoms with Gasteiger partial charge in [0.2, 0.25) is 0 Å². The third-order valence-electron chi connectivity index (χ3n) is 17.0. The van der Waals surface area contributed by atoms with Gasteiger partial charge in [-0.2, -0.15) is 0 Å². The average Bonchev–Trinajstić information content (AvgIpc) is 1.36. The normalized spacial score (nSPS) is 14.3. The highest BCUT2D eigenvalue weighted by molar-refractivity contribution is 7.47. The summed E-state index contributed by atoms with van der Waals surface area (Å²) in [6.07, 6.45) is 76.5. The van der Waals surface area contributed by atoms with E-state index in [9.17, 15) is 43.2 Å². The van der Waals surface area contributed by atoms with Crippen LogP contribution in [0, 0.1) is 0 Å². The van der Waals surface area contributed by atoms with Gasteiger partial charge in [0.15, 0.2) is 0 Å². The van der Waals surface area contributed by atoms with Crippen LogP contribution in [-0.2, 0) is 65.4 Å². The van der Waals surface area contributed by atoms with E-state index in [4.69, 9.17) is 37.0 Å². The van der Waals surface area contributed by atoms with Gasteiger partial charge in [-0.05, 0) is 154 Å². The minimum Gasteiger partial charge on any atom is -0.457 e. The molecule has 0 aliphatic carbocycles. The molecule has 0 aromatic carbocycles. The number of aliphatic hydroxyl groups excluding tert-OH is 1. The first-order valence-electron chi connectivity index (χ1n) is 39.4. The van der Waals surface area contributed by atoms with Crippen molar-refractivity contribution in [2.45, 2.75) is 359 Å². The Bertz CT molecular complexity index is 2000. The molecule has 0 rings (SSSR count). The molecule has 0 spiro atoms. The molecule has 98 heavy (non-hydrogen) atoms. The van der Waals surface area contributed by atoms with E-state index in [-0.39, 0.29) is 26.2 Å². The van der Waals surface area contributed by atoms with Gasteiger partial charge >= 0.3 is 21.6 Å². The number of carbonyl (C=O) groups is 4. The Morgan fingerprint density at radius 3 is 0.959 bits per heavy atom. The molecule has 19 heteroatoms. The van der Waals surface area contributed by atoms with Gasteiger partial charge in [-0.1, -0.05) is 222 Å². The number of carbonyl (C=O) groups excluding carboxylic acids is 4. The smallest absolute Gasteiger partial charge is 0.457 e. The topological polar surface area (TPSA) is 237 Å². The fourth-order valence-corrected chi connectivity index (χ4v) is 12.5. The second-order valence-corrected chi connectivity index (χ2v) is 29.4. The number of ether oxygens (including phenoxy) is 4. The molecule has 0 heterocycles. The number of phosphoric ester groups is 2. The molecule has 0 radical (unpaired) electrons. The van der Waals surface area contributed by atoms with Gasteiger partial charge in [-0.25, -0.2) is 9.13 Å². The molecule has 0 amide bonds. The van der Waals surface area contributed by atoms with E-state index in [1.165, 1.54) is 89.9 Å². The second kappa shape index (κ2) is 76.9. The van der Waals surface area contributed by atoms with Crippen LogP contribution in [0.3, 0.4) is 0 Å². The van der Waals surface area contributed by atoms with Crippen LogP contribution in [0.25, 0.3) is 0 Å². The van der Waals surface area contributed by atoms with Crippen molar-refractivity contribution in [3.05, 3.63) is 60.8 Å². The molecule has 0 aromatic rings. The summed E-state index contributed by atoms with van der Waals surface area (Å²) in [4.78, 5) is 65.7. The van der Waals surface area contributed by atoms with Crippen molar-refractivity contribution >= 4 is 40.5 Å². The number of esters is 1. The van der Waals surface area contributed by atoms with Crippen molar-refractivity contribution in [3.63, 3.8) is 0 Å². The number of unbranched alkanes of at least 4 members (excludes halogenated alkanes) is 42. The highest BCUT2D eigenvalue weighted by Crippen LogP contribution is 2.45. The van der Waals surface area contributed by atoms with E-state index in [1.807, 2.05) is 0 Å². The maximum absolute atomic E-state index is 13.1. The van der Waals surface area contributed by atoms with E-state index in [0.29, 0.717) is 45.5 Å². The van der Waals surface area contributed by atoms with Crippen LogP contribution in [0.5, 0.6) is 0 Å². The zero-order valence-corrected chi connectivity index (χ0v) is 63.6. The summed E-state index contributed by atoms with van der Waals surface area (Å²) in [5, 5.41) is 10.6. The molecule has 0 saturated heterocycles. The molecule has 2 unspecified atom stereocenters. The maximum Gasteiger partial charge on any atom is 0.472 e. The molecule has 5 atom stereocenters. The molecule has 17 nitrogen and oxygen atoms in total. The Morgan fingerprint density at radius 2 is 0.602 bits per heavy atom. The number of hydrogen-bond acceptors (Lipinski definition) is 15. The first kappa shape index (κ1) is 95.2. The predicted molar refractivity (Wildman–Crippen MR) is 400 cm³/mol. The van der Waals surface area contributed by atoms with E-state index in [1.54, 1.807) is 0 Å². The summed E-state index contributed by atoms with van der Waals surface area (Å²) < 4.78 is 70.6. The number of allylic oxidation sites excluding steroid dienone is 10. The van der Waals surface area contributed by atoms with Crippen molar-refractivity contribution in [3.8, 4) is 0 Å². The number of aliphatic hydroxyl groups is 1. The lowest BCUT2D eigenvalue weighted by molar-refractivity contribution is -0.154. The quantitative estimate of drug-likeness (QED) is 0.0169. The second-order valence-electron chi connectivity index (χ2n) is 26.5. The Morgan fingerprint density at radius 1 is 0.327 bits per heavy atom. The third kappa shape index (κ3) is 75.9. The summed E-state index contributed by atoms with van der Waals surface area (Å²) in [6.45, 7) is 1.32. The van der Waals surface area contributed by atoms with Gasteiger partial charge in [0, 0.05) is 45.5 Å². The van der Waals surface area contributed by atoms with Crippen LogP contribution in [0.4, 0.5) is 0 Å². The fraction of sp³-hybridized carbons (Fsp3) is 0.823. The monoisotopic (exact) mass is 1430 g/mol. The Labute approximate surface area is 597 Å². The Balaban J connectivity index is 5.13. The molecule has 0 aliphatic heterocycles. The first-order chi connectivity index (χ1) is 48.0. The van der Waals surface area contributed by atoms with Gasteiger partial charge in [0.1, 0.15) is 37.2 Å². The molecule has 0 saturated carbocycles. The standard InChI is InChI=1S/C79H144O17P2/c1-2-3-4-5-6-7-8-9-14-21-28-35-42-49-56-63-79(84)96-78(73-90-68-61-54-47-40-33-26-20-17-24-31-38-45-52-59-66-82)75-95-98(87,88)93-71-76(83)70-92-97(85,86)94-74-77(91-69-62-55-48-41-34-27-19-13-11-16-23-30-37-44-51-58-65-81)72-89-67-60-53-46-39-32-25-18-12-10-15-22-29-36-43-50-57-64-80/h6-7,9-11,14-17,20,64-66,76-78,83H,2-5,8,12-13,18-19,21-63,67-75H2,1H3,(H,85,86)(H,87,88)/b7-6-,14-9-,15-10-,16-11-,20-17-/t76-,77-,78-/m1/s1. The van der Waals surface area contributed by atoms with E-state index in [2.05, 4.69) is 67.7 Å². The molecule has 0 aromatic heterocycles. The molecular weight excluding hydrogens is 1280 g/mol. The zero-order chi connectivity index (χ0) is 71.3. The van der Waals surface area contributed by atoms with Gasteiger partial charge < -0.3 is 48.2 Å². The highest BCUT2D eigenvalue weighted by Gasteiger charge is 2.29. The lowest BCUT2D eigenvalue weighted by Crippen LogP contribution is -2.29. The van der Waals surface area contributed by atoms with Crippen molar-refractivity contribution < 1.29 is 80.2 Å². The van der Waals surface area contributed by atoms with Gasteiger partial charge in [0.05, 0.1) is 39.6 Å². The van der Waals surface area contributed by atoms with Gasteiger partial charge in [-0.3, -0.25) is 22.9 Å². The SMILES string of the molecule is CCCCC/C=C\C/C=C\CCCCCCCC(=O)O[C@H](COCCCCCCC/C=C\CCCCCCC=O)COP(=O)(O)OC[C@H](O)COP(=O)(O)OC[C@@H](COCCCCCCCCC/C=C\CCCCCCC=O)OCCCCCCCCC/C=C\CCCCCCC=O. The van der Waals surface area contributed by atoms with Crippen LogP contribution in [0.15, 0.2) is 60.8 Å². The number of hydrogen-bond donors (Lipinski definition) is 3. The van der Waals surface area contributed by atoms with Crippen LogP contribution < -0.4 is 0 Å². The molecule has 0 aliphatic rings. The van der Waals surface area contributed by atoms with Crippen molar-refractivity contribution in [1.29, 1.82) is 0 Å². The Kier molecular flexibility index (Phi) is 74.7. The molecular formula is C79H144O17P2. The minimum absolute atomic E-state index is 0.0587. The largest absolute Gasteiger partial charge is 0.472 e. The number of rotatable bonds is 81. The van der Waals surface area contributed by atoms with Crippen LogP contribution in [-0.4, -0.2) is 117 Å². The lowest BCUT2D eigenvalue weighted by Gasteiger charge is -2.21. The van der Waals surface area contributed by atoms with Gasteiger partial charge in [0.25, 0.3) is 0 Å². The molecule has 3 N–H and O–H groups in total. The van der Waals surface area contributed by atoms with E-state index < -0.39 is 59.7 Å². The summed E-state index contributed by atoms with van der Waals surface area (Å²) >= 11 is 0. The number of phosphoric acid groups is 2. The van der Waals surface area contributed by atoms with Crippen molar-refractivity contribution in [2.75, 3.05) is 59.5 Å².